The Bertz CT molecular complexity index is 1130. The maximum atomic E-state index is 13.1. The van der Waals surface area contributed by atoms with Gasteiger partial charge in [-0.25, -0.2) is 8.42 Å². The Morgan fingerprint density at radius 3 is 2.48 bits per heavy atom. The van der Waals surface area contributed by atoms with E-state index in [2.05, 4.69) is 22.0 Å². The summed E-state index contributed by atoms with van der Waals surface area (Å²) in [6.45, 7) is 2.23. The van der Waals surface area contributed by atoms with Crippen molar-refractivity contribution in [1.29, 1.82) is 0 Å². The van der Waals surface area contributed by atoms with Crippen LogP contribution in [0.5, 0.6) is 0 Å². The number of fused-ring (bicyclic) bond motifs is 3. The number of hydrogen-bond acceptors (Lipinski definition) is 3. The molecule has 1 aliphatic rings. The van der Waals surface area contributed by atoms with Crippen LogP contribution >= 0.6 is 0 Å². The van der Waals surface area contributed by atoms with Crippen LogP contribution in [-0.2, 0) is 34.8 Å². The van der Waals surface area contributed by atoms with Crippen LogP contribution in [0.25, 0.3) is 10.9 Å². The van der Waals surface area contributed by atoms with Crippen LogP contribution in [0.4, 0.5) is 5.69 Å². The summed E-state index contributed by atoms with van der Waals surface area (Å²) in [5, 5.41) is 3.85. The van der Waals surface area contributed by atoms with Crippen LogP contribution < -0.4 is 5.32 Å². The molecule has 0 spiro atoms. The number of benzene rings is 2. The summed E-state index contributed by atoms with van der Waals surface area (Å²) in [4.78, 5) is 11.4. The average Bonchev–Trinajstić information content (AvgIpc) is 2.94. The Kier molecular flexibility index (Phi) is 4.28. The zero-order valence-corrected chi connectivity index (χ0v) is 16.1. The van der Waals surface area contributed by atoms with Gasteiger partial charge in [0.2, 0.25) is 15.9 Å². The molecule has 27 heavy (non-hydrogen) atoms. The second kappa shape index (κ2) is 6.51. The largest absolute Gasteiger partial charge is 0.346 e. The van der Waals surface area contributed by atoms with Crippen LogP contribution in [-0.4, -0.2) is 29.7 Å². The zero-order chi connectivity index (χ0) is 19.2. The molecule has 2 heterocycles. The van der Waals surface area contributed by atoms with E-state index >= 15 is 0 Å². The number of carbonyl (C=O) groups excluding carboxylic acids is 1. The van der Waals surface area contributed by atoms with Gasteiger partial charge in [0.25, 0.3) is 0 Å². The van der Waals surface area contributed by atoms with Gasteiger partial charge in [0.05, 0.1) is 11.4 Å². The lowest BCUT2D eigenvalue weighted by Crippen LogP contribution is -2.36. The summed E-state index contributed by atoms with van der Waals surface area (Å²) in [6.07, 6.45) is 0.694. The smallest absolute Gasteiger partial charge is 0.243 e. The van der Waals surface area contributed by atoms with Crippen molar-refractivity contribution in [2.24, 2.45) is 7.05 Å². The van der Waals surface area contributed by atoms with Gasteiger partial charge in [-0.1, -0.05) is 18.2 Å². The summed E-state index contributed by atoms with van der Waals surface area (Å²) >= 11 is 0. The summed E-state index contributed by atoms with van der Waals surface area (Å²) < 4.78 is 29.8. The van der Waals surface area contributed by atoms with Crippen LogP contribution in [0.2, 0.25) is 0 Å². The molecule has 3 aromatic rings. The summed E-state index contributed by atoms with van der Waals surface area (Å²) in [5.41, 5.74) is 3.99. The predicted molar refractivity (Wildman–Crippen MR) is 105 cm³/mol. The van der Waals surface area contributed by atoms with E-state index in [0.29, 0.717) is 25.2 Å². The highest BCUT2D eigenvalue weighted by atomic mass is 32.2. The summed E-state index contributed by atoms with van der Waals surface area (Å²) in [7, 11) is -1.61. The van der Waals surface area contributed by atoms with Crippen molar-refractivity contribution in [3.8, 4) is 0 Å². The van der Waals surface area contributed by atoms with Gasteiger partial charge in [-0.05, 0) is 42.3 Å². The molecule has 0 bridgehead atoms. The first-order chi connectivity index (χ1) is 12.9. The third kappa shape index (κ3) is 3.02. The van der Waals surface area contributed by atoms with Crippen molar-refractivity contribution < 1.29 is 13.2 Å². The molecular formula is C20H21N3O3S. The second-order valence-corrected chi connectivity index (χ2v) is 8.73. The quantitative estimate of drug-likeness (QED) is 0.756. The Balaban J connectivity index is 1.65. The van der Waals surface area contributed by atoms with Crippen molar-refractivity contribution in [2.45, 2.75) is 24.8 Å². The van der Waals surface area contributed by atoms with Gasteiger partial charge in [-0.2, -0.15) is 4.31 Å². The highest BCUT2D eigenvalue weighted by Gasteiger charge is 2.31. The van der Waals surface area contributed by atoms with Crippen molar-refractivity contribution in [3.05, 3.63) is 59.8 Å². The molecule has 0 fully saturated rings. The van der Waals surface area contributed by atoms with E-state index < -0.39 is 10.0 Å². The van der Waals surface area contributed by atoms with E-state index in [1.807, 2.05) is 19.2 Å². The lowest BCUT2D eigenvalue weighted by Gasteiger charge is -2.27. The molecule has 7 heteroatoms. The van der Waals surface area contributed by atoms with Crippen LogP contribution in [0.1, 0.15) is 18.2 Å². The lowest BCUT2D eigenvalue weighted by molar-refractivity contribution is -0.114. The number of para-hydroxylation sites is 1. The van der Waals surface area contributed by atoms with Gasteiger partial charge in [-0.3, -0.25) is 4.79 Å². The van der Waals surface area contributed by atoms with Crippen LogP contribution in [0, 0.1) is 0 Å². The number of amides is 1. The minimum atomic E-state index is -3.60. The molecule has 1 N–H and O–H groups in total. The van der Waals surface area contributed by atoms with E-state index in [1.54, 1.807) is 12.1 Å². The maximum Gasteiger partial charge on any atom is 0.243 e. The molecule has 0 radical (unpaired) electrons. The molecule has 1 aliphatic heterocycles. The third-order valence-electron chi connectivity index (χ3n) is 5.09. The van der Waals surface area contributed by atoms with Crippen LogP contribution in [0.3, 0.4) is 0 Å². The number of hydrogen-bond donors (Lipinski definition) is 1. The molecule has 140 valence electrons. The number of rotatable bonds is 3. The number of aromatic nitrogens is 1. The Hall–Kier alpha value is -2.64. The first kappa shape index (κ1) is 17.8. The predicted octanol–water partition coefficient (Wildman–Crippen LogP) is 2.88. The van der Waals surface area contributed by atoms with Gasteiger partial charge < -0.3 is 9.88 Å². The average molecular weight is 383 g/mol. The van der Waals surface area contributed by atoms with Crippen molar-refractivity contribution >= 4 is 32.5 Å². The third-order valence-corrected chi connectivity index (χ3v) is 6.95. The van der Waals surface area contributed by atoms with Gasteiger partial charge in [0.1, 0.15) is 0 Å². The van der Waals surface area contributed by atoms with E-state index in [0.717, 1.165) is 11.2 Å². The fourth-order valence-electron chi connectivity index (χ4n) is 3.76. The minimum Gasteiger partial charge on any atom is -0.346 e. The normalized spacial score (nSPS) is 14.9. The molecular weight excluding hydrogens is 362 g/mol. The van der Waals surface area contributed by atoms with Gasteiger partial charge in [0.15, 0.2) is 0 Å². The number of aryl methyl sites for hydroxylation is 1. The van der Waals surface area contributed by atoms with Crippen molar-refractivity contribution in [2.75, 3.05) is 11.9 Å². The second-order valence-electron chi connectivity index (χ2n) is 6.80. The molecule has 0 unspecified atom stereocenters. The van der Waals surface area contributed by atoms with Crippen LogP contribution in [0.15, 0.2) is 53.4 Å². The SMILES string of the molecule is CC(=O)Nc1ccc(S(=O)(=O)N2CCc3c(n(C)c4ccccc34)C2)cc1. The maximum absolute atomic E-state index is 13.1. The van der Waals surface area contributed by atoms with E-state index in [1.165, 1.54) is 34.3 Å². The van der Waals surface area contributed by atoms with E-state index in [4.69, 9.17) is 0 Å². The zero-order valence-electron chi connectivity index (χ0n) is 15.3. The highest BCUT2D eigenvalue weighted by Crippen LogP contribution is 2.32. The summed E-state index contributed by atoms with van der Waals surface area (Å²) in [6, 6.07) is 14.5. The highest BCUT2D eigenvalue weighted by molar-refractivity contribution is 7.89. The van der Waals surface area contributed by atoms with Gasteiger partial charge in [0, 0.05) is 42.8 Å². The molecule has 1 amide bonds. The topological polar surface area (TPSA) is 71.4 Å². The number of sulfonamides is 1. The monoisotopic (exact) mass is 383 g/mol. The molecule has 0 atom stereocenters. The van der Waals surface area contributed by atoms with Crippen molar-refractivity contribution in [1.82, 2.24) is 8.87 Å². The lowest BCUT2D eigenvalue weighted by atomic mass is 10.1. The first-order valence-corrected chi connectivity index (χ1v) is 10.2. The Labute approximate surface area is 158 Å². The number of anilines is 1. The fraction of sp³-hybridized carbons (Fsp3) is 0.250. The number of carbonyl (C=O) groups is 1. The van der Waals surface area contributed by atoms with Gasteiger partial charge in [-0.15, -0.1) is 0 Å². The standard InChI is InChI=1S/C20H21N3O3S/c1-14(24)21-15-7-9-16(10-8-15)27(25,26)23-12-11-18-17-5-3-4-6-19(17)22(2)20(18)13-23/h3-10H,11-13H2,1-2H3,(H,21,24). The molecule has 0 aliphatic carbocycles. The molecule has 0 saturated heterocycles. The molecule has 0 saturated carbocycles. The Morgan fingerprint density at radius 1 is 1.07 bits per heavy atom. The number of nitrogens with one attached hydrogen (secondary N) is 1. The molecule has 2 aromatic carbocycles. The molecule has 4 rings (SSSR count). The molecule has 1 aromatic heterocycles. The van der Waals surface area contributed by atoms with E-state index in [9.17, 15) is 13.2 Å². The fourth-order valence-corrected chi connectivity index (χ4v) is 5.16. The van der Waals surface area contributed by atoms with Crippen molar-refractivity contribution in [3.63, 3.8) is 0 Å². The summed E-state index contributed by atoms with van der Waals surface area (Å²) in [5.74, 6) is -0.190. The van der Waals surface area contributed by atoms with Gasteiger partial charge >= 0.3 is 0 Å². The minimum absolute atomic E-state index is 0.190. The van der Waals surface area contributed by atoms with E-state index in [-0.39, 0.29) is 10.8 Å². The Morgan fingerprint density at radius 2 is 1.78 bits per heavy atom. The number of nitrogens with zero attached hydrogens (tertiary/aromatic N) is 2. The molecule has 6 nitrogen and oxygen atoms in total. The first-order valence-electron chi connectivity index (χ1n) is 8.81.